The number of aromatic amines is 1. The Kier molecular flexibility index (Phi) is 12.0. The van der Waals surface area contributed by atoms with E-state index in [2.05, 4.69) is 83.2 Å². The molecule has 3 heterocycles. The number of rotatable bonds is 11. The summed E-state index contributed by atoms with van der Waals surface area (Å²) in [6, 6.07) is 17.0. The number of amides is 4. The molecule has 4 N–H and O–H groups in total. The summed E-state index contributed by atoms with van der Waals surface area (Å²) in [4.78, 5) is 78.6. The zero-order valence-corrected chi connectivity index (χ0v) is 39.3. The minimum Gasteiger partial charge on any atom is -0.453 e. The maximum atomic E-state index is 14.4. The van der Waals surface area contributed by atoms with Crippen molar-refractivity contribution in [3.63, 3.8) is 0 Å². The molecule has 2 bridgehead atoms. The third kappa shape index (κ3) is 7.80. The predicted molar refractivity (Wildman–Crippen MR) is 252 cm³/mol. The Morgan fingerprint density at radius 2 is 1.42 bits per heavy atom. The van der Waals surface area contributed by atoms with Crippen LogP contribution >= 0.6 is 0 Å². The predicted octanol–water partition coefficient (Wildman–Crippen LogP) is 8.64. The van der Waals surface area contributed by atoms with E-state index in [9.17, 15) is 24.0 Å². The van der Waals surface area contributed by atoms with Crippen LogP contribution in [0.5, 0.6) is 0 Å². The van der Waals surface area contributed by atoms with Crippen LogP contribution in [-0.2, 0) is 29.3 Å². The fourth-order valence-electron chi connectivity index (χ4n) is 12.1. The summed E-state index contributed by atoms with van der Waals surface area (Å²) in [5.74, 6) is 2.81. The van der Waals surface area contributed by atoms with E-state index in [1.807, 2.05) is 49.6 Å². The molecule has 3 aromatic carbocycles. The van der Waals surface area contributed by atoms with Crippen LogP contribution in [0.15, 0.2) is 60.3 Å². The fraction of sp³-hybridized carbons (Fsp3) is 0.519. The number of anilines is 1. The molecule has 4 amide bonds. The molecular weight excluding hydrogens is 835 g/mol. The molecule has 9 rings (SSSR count). The summed E-state index contributed by atoms with van der Waals surface area (Å²) in [5, 5.41) is 8.84. The Balaban J connectivity index is 0.956. The van der Waals surface area contributed by atoms with Crippen molar-refractivity contribution in [2.45, 2.75) is 135 Å². The minimum atomic E-state index is -0.710. The monoisotopic (exact) mass is 897 g/mol. The van der Waals surface area contributed by atoms with Gasteiger partial charge in [-0.1, -0.05) is 78.6 Å². The lowest BCUT2D eigenvalue weighted by atomic mass is 9.81. The first-order valence-electron chi connectivity index (χ1n) is 23.8. The van der Waals surface area contributed by atoms with Crippen molar-refractivity contribution in [2.24, 2.45) is 23.7 Å². The van der Waals surface area contributed by atoms with Gasteiger partial charge < -0.3 is 40.2 Å². The standard InChI is InChI=1S/C52H63N7O7/c1-27(2)44(56-50(63)65-7)43(26-60)58-34-17-13-32(21-34)46(58)48(61)53-33-16-19-36-35-18-14-29(22-37(35)52(5,6)38(36)25-33)30-15-20-39-40(23-30)55-47(54-39)42-24-31-11-9-10-12-41(31)59(42)49(62)45(28(3)4)57-51(64)66-8/h14-16,18-20,22-23,25,27-28,31-32,34,41-42,44-46H,9-13,17,21,24H2,1-8H3,(H,53,61)(H,54,55)(H,56,63)(H,57,64)/t31-,32-,34+,41-,42-,44-,45-,46-/m0/s1. The number of nitrogens with one attached hydrogen (secondary N) is 4. The highest BCUT2D eigenvalue weighted by atomic mass is 16.5. The third-order valence-corrected chi connectivity index (χ3v) is 15.5. The molecule has 4 aromatic rings. The Bertz CT molecular complexity index is 2630. The quantitative estimate of drug-likeness (QED) is 0.107. The Morgan fingerprint density at radius 3 is 2.12 bits per heavy atom. The Hall–Kier alpha value is -6.14. The topological polar surface area (TPSA) is 175 Å². The smallest absolute Gasteiger partial charge is 0.407 e. The second-order valence-corrected chi connectivity index (χ2v) is 20.4. The van der Waals surface area contributed by atoms with Gasteiger partial charge in [0.2, 0.25) is 11.8 Å². The normalized spacial score (nSPS) is 24.3. The summed E-state index contributed by atoms with van der Waals surface area (Å²) < 4.78 is 9.77. The van der Waals surface area contributed by atoms with E-state index in [4.69, 9.17) is 14.5 Å². The number of hydrogen-bond donors (Lipinski definition) is 4. The van der Waals surface area contributed by atoms with Crippen molar-refractivity contribution in [1.82, 2.24) is 30.4 Å². The van der Waals surface area contributed by atoms with Gasteiger partial charge in [0.15, 0.2) is 0 Å². The van der Waals surface area contributed by atoms with E-state index >= 15 is 0 Å². The molecule has 2 aliphatic heterocycles. The first-order chi connectivity index (χ1) is 31.6. The second kappa shape index (κ2) is 17.6. The van der Waals surface area contributed by atoms with Gasteiger partial charge in [-0.3, -0.25) is 9.59 Å². The van der Waals surface area contributed by atoms with Gasteiger partial charge in [-0.05, 0) is 126 Å². The highest BCUT2D eigenvalue weighted by Crippen LogP contribution is 2.52. The molecule has 8 atom stereocenters. The van der Waals surface area contributed by atoms with Gasteiger partial charge in [0, 0.05) is 23.2 Å². The number of aromatic nitrogens is 2. The number of piperidine rings is 1. The number of nitrogens with zero attached hydrogens (tertiary/aromatic N) is 3. The van der Waals surface area contributed by atoms with Crippen LogP contribution in [0.4, 0.5) is 15.3 Å². The van der Waals surface area contributed by atoms with Crippen molar-refractivity contribution >= 4 is 46.7 Å². The average Bonchev–Trinajstić information content (AvgIpc) is 4.14. The molecule has 2 saturated heterocycles. The van der Waals surface area contributed by atoms with Gasteiger partial charge in [-0.25, -0.2) is 19.4 Å². The van der Waals surface area contributed by atoms with Crippen LogP contribution in [0.2, 0.25) is 0 Å². The highest BCUT2D eigenvalue weighted by molar-refractivity contribution is 5.97. The van der Waals surface area contributed by atoms with E-state index in [1.165, 1.54) is 19.8 Å². The number of ether oxygens (including phenoxy) is 2. The van der Waals surface area contributed by atoms with Crippen molar-refractivity contribution in [1.29, 1.82) is 0 Å². The highest BCUT2D eigenvalue weighted by Gasteiger charge is 2.52. The molecule has 0 unspecified atom stereocenters. The van der Waals surface area contributed by atoms with E-state index < -0.39 is 30.3 Å². The molecular formula is C52H63N7O7. The first kappa shape index (κ1) is 45.0. The lowest BCUT2D eigenvalue weighted by molar-refractivity contribution is -0.138. The molecule has 5 aliphatic rings. The maximum absolute atomic E-state index is 14.4. The molecule has 1 aromatic heterocycles. The van der Waals surface area contributed by atoms with Crippen molar-refractivity contribution in [2.75, 3.05) is 19.5 Å². The van der Waals surface area contributed by atoms with Crippen molar-refractivity contribution in [3.8, 4) is 22.3 Å². The molecule has 4 fully saturated rings. The molecule has 66 heavy (non-hydrogen) atoms. The molecule has 0 spiro atoms. The van der Waals surface area contributed by atoms with Gasteiger partial charge in [0.1, 0.15) is 29.5 Å². The zero-order valence-electron chi connectivity index (χ0n) is 39.3. The number of fused-ring (bicyclic) bond motifs is 7. The third-order valence-electron chi connectivity index (χ3n) is 15.5. The average molecular weight is 898 g/mol. The number of benzene rings is 3. The maximum Gasteiger partial charge on any atom is 0.407 e. The van der Waals surface area contributed by atoms with E-state index in [0.29, 0.717) is 11.6 Å². The SMILES string of the molecule is COC(=O)N[C@H](C(=O)N1[C@H](c2nc3ccc(-c4ccc5c(c4)C(C)(C)c4cc(NC(=O)[C@@H]6[C@H]7CC[C@H](C7)N6C(=C=O)[C@@H](NC(=O)OC)C(C)C)ccc4-5)cc3[nH]2)C[C@@H]2CCCC[C@@H]21)C(C)C. The van der Waals surface area contributed by atoms with Crippen LogP contribution < -0.4 is 16.0 Å². The summed E-state index contributed by atoms with van der Waals surface area (Å²) in [6.45, 7) is 12.2. The van der Waals surface area contributed by atoms with Crippen LogP contribution in [0.25, 0.3) is 33.3 Å². The van der Waals surface area contributed by atoms with Crippen molar-refractivity contribution < 1.29 is 33.4 Å². The lowest BCUT2D eigenvalue weighted by Crippen LogP contribution is -2.53. The summed E-state index contributed by atoms with van der Waals surface area (Å²) in [7, 11) is 2.60. The van der Waals surface area contributed by atoms with E-state index in [-0.39, 0.29) is 58.8 Å². The fourth-order valence-corrected chi connectivity index (χ4v) is 12.1. The number of imidazole rings is 1. The van der Waals surface area contributed by atoms with Gasteiger partial charge in [0.25, 0.3) is 0 Å². The van der Waals surface area contributed by atoms with E-state index in [0.717, 1.165) is 96.0 Å². The van der Waals surface area contributed by atoms with E-state index in [1.54, 1.807) is 0 Å². The Morgan fingerprint density at radius 1 is 0.773 bits per heavy atom. The number of likely N-dealkylation sites (tertiary alicyclic amines) is 2. The van der Waals surface area contributed by atoms with Crippen LogP contribution in [0, 0.1) is 23.7 Å². The Labute approximate surface area is 386 Å². The molecule has 2 saturated carbocycles. The molecule has 14 heteroatoms. The van der Waals surface area contributed by atoms with Gasteiger partial charge in [0.05, 0.1) is 37.3 Å². The number of carbonyl (C=O) groups is 4. The summed E-state index contributed by atoms with van der Waals surface area (Å²) >= 11 is 0. The van der Waals surface area contributed by atoms with Gasteiger partial charge in [-0.15, -0.1) is 0 Å². The largest absolute Gasteiger partial charge is 0.453 e. The second-order valence-electron chi connectivity index (χ2n) is 20.4. The molecule has 348 valence electrons. The molecule has 0 radical (unpaired) electrons. The summed E-state index contributed by atoms with van der Waals surface area (Å²) in [5.41, 5.74) is 8.98. The van der Waals surface area contributed by atoms with Crippen LogP contribution in [0.3, 0.4) is 0 Å². The number of hydrogen-bond acceptors (Lipinski definition) is 9. The number of alkyl carbamates (subject to hydrolysis) is 2. The summed E-state index contributed by atoms with van der Waals surface area (Å²) in [6.07, 6.45) is 6.36. The number of methoxy groups -OCH3 is 2. The van der Waals surface area contributed by atoms with Gasteiger partial charge in [-0.2, -0.15) is 0 Å². The number of carbonyl (C=O) groups excluding carboxylic acids is 5. The lowest BCUT2D eigenvalue weighted by Gasteiger charge is -2.39. The first-order valence-corrected chi connectivity index (χ1v) is 23.8. The zero-order chi connectivity index (χ0) is 46.8. The van der Waals surface area contributed by atoms with Crippen molar-refractivity contribution in [3.05, 3.63) is 77.2 Å². The number of H-pyrrole nitrogens is 1. The molecule has 3 aliphatic carbocycles. The minimum absolute atomic E-state index is 0.0140. The van der Waals surface area contributed by atoms with Gasteiger partial charge >= 0.3 is 12.2 Å². The van der Waals surface area contributed by atoms with Crippen LogP contribution in [-0.4, -0.2) is 94.1 Å². The molecule has 14 nitrogen and oxygen atoms in total. The van der Waals surface area contributed by atoms with Crippen LogP contribution in [0.1, 0.15) is 116 Å².